The molecule has 0 bridgehead atoms. The molecule has 1 rings (SSSR count). The number of hydrogen-bond donors (Lipinski definition) is 1. The van der Waals surface area contributed by atoms with E-state index < -0.39 is 0 Å². The van der Waals surface area contributed by atoms with Crippen molar-refractivity contribution in [1.29, 1.82) is 5.59 Å². The predicted molar refractivity (Wildman–Crippen MR) is 37.4 cm³/mol. The van der Waals surface area contributed by atoms with Crippen molar-refractivity contribution in [2.75, 3.05) is 20.1 Å². The van der Waals surface area contributed by atoms with E-state index in [-0.39, 0.29) is 0 Å². The molecule has 0 aromatic carbocycles. The van der Waals surface area contributed by atoms with Crippen molar-refractivity contribution in [3.05, 3.63) is 4.91 Å². The average molecular weight is 130 g/mol. The lowest BCUT2D eigenvalue weighted by atomic mass is 10.1. The quantitative estimate of drug-likeness (QED) is 0.504. The van der Waals surface area contributed by atoms with E-state index in [9.17, 15) is 0 Å². The van der Waals surface area contributed by atoms with Gasteiger partial charge in [-0.15, -0.1) is 0 Å². The minimum atomic E-state index is 1.32. The van der Waals surface area contributed by atoms with Crippen molar-refractivity contribution >= 4 is 0 Å². The number of likely N-dealkylation sites (tertiary alicyclic amines) is 1. The smallest absolute Gasteiger partial charge is 0.00218 e. The van der Waals surface area contributed by atoms with E-state index in [1.165, 1.54) is 32.4 Å². The highest BCUT2D eigenvalue weighted by Crippen LogP contribution is 2.04. The highest BCUT2D eigenvalue weighted by molar-refractivity contribution is 4.58. The van der Waals surface area contributed by atoms with Crippen LogP contribution in [0.15, 0.2) is 0 Å². The fraction of sp³-hybridized carbons (Fsp3) is 1.00. The maximum Gasteiger partial charge on any atom is -0.00218 e. The van der Waals surface area contributed by atoms with Crippen LogP contribution >= 0.6 is 0 Å². The molecule has 0 spiro atoms. The monoisotopic (exact) mass is 130 g/mol. The molecule has 0 aromatic heterocycles. The van der Waals surface area contributed by atoms with Crippen LogP contribution in [0.3, 0.4) is 0 Å². The van der Waals surface area contributed by atoms with Gasteiger partial charge in [0.05, 0.1) is 0 Å². The van der Waals surface area contributed by atoms with Gasteiger partial charge in [0.1, 0.15) is 0 Å². The van der Waals surface area contributed by atoms with Gasteiger partial charge >= 0.3 is 0 Å². The van der Waals surface area contributed by atoms with E-state index in [0.29, 0.717) is 0 Å². The SMILES string of the molecule is CN1CCCCC1.N=O. The average Bonchev–Trinajstić information content (AvgIpc) is 1.94. The summed E-state index contributed by atoms with van der Waals surface area (Å²) in [4.78, 5) is 9.89. The molecule has 54 valence electrons. The Morgan fingerprint density at radius 1 is 1.11 bits per heavy atom. The van der Waals surface area contributed by atoms with Gasteiger partial charge in [-0.05, 0) is 33.0 Å². The summed E-state index contributed by atoms with van der Waals surface area (Å²) in [6, 6.07) is 0. The minimum Gasteiger partial charge on any atom is -0.306 e. The number of nitrogens with one attached hydrogen (secondary N) is 1. The normalized spacial score (nSPS) is 20.1. The molecule has 1 saturated heterocycles. The summed E-state index contributed by atoms with van der Waals surface area (Å²) in [5, 5.41) is 0. The van der Waals surface area contributed by atoms with Gasteiger partial charge in [-0.2, -0.15) is 4.91 Å². The third-order valence-corrected chi connectivity index (χ3v) is 1.58. The molecule has 1 heterocycles. The fourth-order valence-corrected chi connectivity index (χ4v) is 1.05. The number of nitrogens with zero attached hydrogens (tertiary/aromatic N) is 1. The van der Waals surface area contributed by atoms with Gasteiger partial charge in [0.15, 0.2) is 0 Å². The van der Waals surface area contributed by atoms with Crippen LogP contribution in [0.1, 0.15) is 19.3 Å². The van der Waals surface area contributed by atoms with Crippen molar-refractivity contribution in [3.8, 4) is 0 Å². The second-order valence-electron chi connectivity index (χ2n) is 2.36. The number of nitroso groups, excluding NO2 is 1. The zero-order valence-electron chi connectivity index (χ0n) is 5.89. The summed E-state index contributed by atoms with van der Waals surface area (Å²) >= 11 is 0. The molecule has 3 nitrogen and oxygen atoms in total. The molecule has 1 aliphatic rings. The third-order valence-electron chi connectivity index (χ3n) is 1.58. The van der Waals surface area contributed by atoms with Crippen molar-refractivity contribution < 1.29 is 0 Å². The van der Waals surface area contributed by atoms with Crippen LogP contribution in [-0.4, -0.2) is 25.0 Å². The Morgan fingerprint density at radius 3 is 1.78 bits per heavy atom. The van der Waals surface area contributed by atoms with Crippen LogP contribution in [0.2, 0.25) is 0 Å². The molecule has 3 heteroatoms. The summed E-state index contributed by atoms with van der Waals surface area (Å²) in [5.41, 5.74) is 4.50. The molecule has 0 unspecified atom stereocenters. The Bertz CT molecular complexity index is 62.1. The Balaban J connectivity index is 0.000000291. The molecule has 9 heavy (non-hydrogen) atoms. The zero-order chi connectivity index (χ0) is 7.11. The van der Waals surface area contributed by atoms with Crippen LogP contribution in [-0.2, 0) is 0 Å². The molecule has 1 aliphatic heterocycles. The lowest BCUT2D eigenvalue weighted by Crippen LogP contribution is -2.24. The van der Waals surface area contributed by atoms with Crippen molar-refractivity contribution in [2.24, 2.45) is 0 Å². The minimum absolute atomic E-state index is 1.32. The first-order valence-electron chi connectivity index (χ1n) is 3.28. The van der Waals surface area contributed by atoms with Crippen LogP contribution < -0.4 is 0 Å². The van der Waals surface area contributed by atoms with E-state index >= 15 is 0 Å². The van der Waals surface area contributed by atoms with Gasteiger partial charge < -0.3 is 4.90 Å². The topological polar surface area (TPSA) is 44.2 Å². The second kappa shape index (κ2) is 5.69. The maximum atomic E-state index is 7.50. The van der Waals surface area contributed by atoms with Crippen LogP contribution in [0, 0.1) is 10.5 Å². The summed E-state index contributed by atoms with van der Waals surface area (Å²) in [5.74, 6) is 0. The molecule has 0 saturated carbocycles. The van der Waals surface area contributed by atoms with E-state index in [1.807, 2.05) is 0 Å². The van der Waals surface area contributed by atoms with Crippen molar-refractivity contribution in [2.45, 2.75) is 19.3 Å². The van der Waals surface area contributed by atoms with Gasteiger partial charge in [0.2, 0.25) is 0 Å². The van der Waals surface area contributed by atoms with Crippen LogP contribution in [0.25, 0.3) is 0 Å². The largest absolute Gasteiger partial charge is 0.306 e. The maximum absolute atomic E-state index is 7.50. The highest BCUT2D eigenvalue weighted by Gasteiger charge is 2.02. The first-order chi connectivity index (χ1) is 4.39. The Morgan fingerprint density at radius 2 is 1.56 bits per heavy atom. The molecule has 0 aliphatic carbocycles. The van der Waals surface area contributed by atoms with Gasteiger partial charge in [-0.3, -0.25) is 0 Å². The molecule has 1 fully saturated rings. The summed E-state index contributed by atoms with van der Waals surface area (Å²) < 4.78 is 0. The predicted octanol–water partition coefficient (Wildman–Crippen LogP) is 1.43. The van der Waals surface area contributed by atoms with Gasteiger partial charge in [-0.25, -0.2) is 0 Å². The van der Waals surface area contributed by atoms with Gasteiger partial charge in [-0.1, -0.05) is 12.0 Å². The number of hydrogen-bond acceptors (Lipinski definition) is 3. The fourth-order valence-electron chi connectivity index (χ4n) is 1.05. The molecule has 0 radical (unpaired) electrons. The zero-order valence-corrected chi connectivity index (χ0v) is 5.89. The standard InChI is InChI=1S/C6H13N.HNO/c1-7-5-3-2-4-6-7;1-2/h2-6H2,1H3;1H. The summed E-state index contributed by atoms with van der Waals surface area (Å²) in [6.07, 6.45) is 4.28. The molecular formula is C6H14N2O. The Labute approximate surface area is 55.8 Å². The Kier molecular flexibility index (Phi) is 5.41. The van der Waals surface area contributed by atoms with Crippen molar-refractivity contribution in [3.63, 3.8) is 0 Å². The van der Waals surface area contributed by atoms with Crippen molar-refractivity contribution in [1.82, 2.24) is 4.90 Å². The van der Waals surface area contributed by atoms with Crippen LogP contribution in [0.4, 0.5) is 0 Å². The van der Waals surface area contributed by atoms with E-state index in [2.05, 4.69) is 17.5 Å². The lowest BCUT2D eigenvalue weighted by Gasteiger charge is -2.20. The third kappa shape index (κ3) is 4.09. The number of piperidine rings is 1. The molecule has 0 aromatic rings. The first kappa shape index (κ1) is 8.56. The highest BCUT2D eigenvalue weighted by atomic mass is 16.2. The number of rotatable bonds is 0. The van der Waals surface area contributed by atoms with E-state index in [0.717, 1.165) is 0 Å². The Hall–Kier alpha value is -0.440. The molecular weight excluding hydrogens is 116 g/mol. The van der Waals surface area contributed by atoms with E-state index in [1.54, 1.807) is 0 Å². The van der Waals surface area contributed by atoms with Gasteiger partial charge in [0.25, 0.3) is 0 Å². The summed E-state index contributed by atoms with van der Waals surface area (Å²) in [6.45, 7) is 2.64. The lowest BCUT2D eigenvalue weighted by molar-refractivity contribution is 0.277. The second-order valence-corrected chi connectivity index (χ2v) is 2.36. The van der Waals surface area contributed by atoms with Gasteiger partial charge in [0, 0.05) is 0 Å². The first-order valence-corrected chi connectivity index (χ1v) is 3.28. The van der Waals surface area contributed by atoms with E-state index in [4.69, 9.17) is 4.91 Å². The molecule has 1 N–H and O–H groups in total. The molecule has 0 amide bonds. The summed E-state index contributed by atoms with van der Waals surface area (Å²) in [7, 11) is 2.19. The molecule has 0 atom stereocenters. The van der Waals surface area contributed by atoms with Crippen LogP contribution in [0.5, 0.6) is 0 Å².